The van der Waals surface area contributed by atoms with E-state index in [4.69, 9.17) is 10.5 Å². The van der Waals surface area contributed by atoms with Gasteiger partial charge in [-0.25, -0.2) is 4.39 Å². The van der Waals surface area contributed by atoms with Crippen molar-refractivity contribution in [3.8, 4) is 5.75 Å². The number of carbonyl (C=O) groups excluding carboxylic acids is 1. The van der Waals surface area contributed by atoms with E-state index in [0.29, 0.717) is 11.4 Å². The normalized spacial score (nSPS) is 13.6. The van der Waals surface area contributed by atoms with Crippen molar-refractivity contribution in [1.29, 1.82) is 0 Å². The molecule has 0 aliphatic carbocycles. The third-order valence-electron chi connectivity index (χ3n) is 3.36. The van der Waals surface area contributed by atoms with Gasteiger partial charge in [0, 0.05) is 12.1 Å². The third-order valence-corrected chi connectivity index (χ3v) is 3.36. The number of nitrogen functional groups attached to an aromatic ring is 1. The number of ether oxygens (including phenoxy) is 1. The van der Waals surface area contributed by atoms with Crippen molar-refractivity contribution in [2.75, 3.05) is 29.6 Å². The fraction of sp³-hybridized carbons (Fsp3) is 0.133. The monoisotopic (exact) mass is 287 g/mol. The minimum absolute atomic E-state index is 0.0858. The maximum atomic E-state index is 13.7. The predicted octanol–water partition coefficient (Wildman–Crippen LogP) is 2.51. The number of benzene rings is 2. The molecular weight excluding hydrogens is 273 g/mol. The summed E-state index contributed by atoms with van der Waals surface area (Å²) < 4.78 is 18.7. The van der Waals surface area contributed by atoms with E-state index in [9.17, 15) is 9.18 Å². The highest BCUT2D eigenvalue weighted by molar-refractivity contribution is 6.04. The Balaban J connectivity index is 2.15. The van der Waals surface area contributed by atoms with Crippen molar-refractivity contribution in [3.63, 3.8) is 0 Å². The van der Waals surface area contributed by atoms with Crippen molar-refractivity contribution >= 4 is 28.7 Å². The minimum Gasteiger partial charge on any atom is -0.494 e. The number of carbonyl (C=O) groups is 1. The number of nitrogens with one attached hydrogen (secondary N) is 1. The molecule has 0 saturated heterocycles. The van der Waals surface area contributed by atoms with Gasteiger partial charge >= 0.3 is 0 Å². The van der Waals surface area contributed by atoms with Crippen LogP contribution in [0.15, 0.2) is 36.4 Å². The van der Waals surface area contributed by atoms with E-state index in [2.05, 4.69) is 5.32 Å². The highest BCUT2D eigenvalue weighted by atomic mass is 19.1. The van der Waals surface area contributed by atoms with Gasteiger partial charge in [-0.2, -0.15) is 0 Å². The number of methoxy groups -OCH3 is 1. The van der Waals surface area contributed by atoms with Crippen LogP contribution in [0.4, 0.5) is 27.1 Å². The number of nitrogens with two attached hydrogens (primary N) is 1. The quantitative estimate of drug-likeness (QED) is 0.833. The Morgan fingerprint density at radius 2 is 2.05 bits per heavy atom. The zero-order valence-corrected chi connectivity index (χ0v) is 11.4. The molecule has 1 aliphatic rings. The molecule has 3 N–H and O–H groups in total. The van der Waals surface area contributed by atoms with E-state index < -0.39 is 5.82 Å². The molecule has 0 atom stereocenters. The van der Waals surface area contributed by atoms with E-state index in [-0.39, 0.29) is 23.9 Å². The molecule has 1 aliphatic heterocycles. The summed E-state index contributed by atoms with van der Waals surface area (Å²) in [4.78, 5) is 13.6. The highest BCUT2D eigenvalue weighted by Gasteiger charge is 2.25. The van der Waals surface area contributed by atoms with Crippen molar-refractivity contribution in [1.82, 2.24) is 0 Å². The Hall–Kier alpha value is -2.76. The molecule has 2 aromatic rings. The summed E-state index contributed by atoms with van der Waals surface area (Å²) in [5.41, 5.74) is 8.19. The summed E-state index contributed by atoms with van der Waals surface area (Å²) in [5.74, 6) is -0.604. The smallest absolute Gasteiger partial charge is 0.244 e. The van der Waals surface area contributed by atoms with Crippen LogP contribution >= 0.6 is 0 Å². The molecule has 3 rings (SSSR count). The standard InChI is InChI=1S/C15H14FN3O2/c1-21-14-7-13(10(17)6-9(14)16)19-8-15(20)18-11-4-2-3-5-12(11)19/h2-7H,8,17H2,1H3,(H,18,20). The van der Waals surface area contributed by atoms with Crippen LogP contribution in [-0.4, -0.2) is 19.6 Å². The Labute approximate surface area is 121 Å². The van der Waals surface area contributed by atoms with Gasteiger partial charge in [0.25, 0.3) is 0 Å². The molecule has 0 saturated carbocycles. The number of nitrogens with zero attached hydrogens (tertiary/aromatic N) is 1. The fourth-order valence-corrected chi connectivity index (χ4v) is 2.40. The summed E-state index contributed by atoms with van der Waals surface area (Å²) in [7, 11) is 1.38. The van der Waals surface area contributed by atoms with Crippen LogP contribution in [0.2, 0.25) is 0 Å². The SMILES string of the molecule is COc1cc(N2CC(=O)Nc3ccccc32)c(N)cc1F. The van der Waals surface area contributed by atoms with Crippen LogP contribution in [0.25, 0.3) is 0 Å². The first-order chi connectivity index (χ1) is 10.1. The topological polar surface area (TPSA) is 67.6 Å². The lowest BCUT2D eigenvalue weighted by molar-refractivity contribution is -0.115. The van der Waals surface area contributed by atoms with Crippen LogP contribution in [0, 0.1) is 5.82 Å². The van der Waals surface area contributed by atoms with Gasteiger partial charge in [0.15, 0.2) is 11.6 Å². The fourth-order valence-electron chi connectivity index (χ4n) is 2.40. The summed E-state index contributed by atoms with van der Waals surface area (Å²) in [6.07, 6.45) is 0. The van der Waals surface area contributed by atoms with Gasteiger partial charge in [-0.05, 0) is 12.1 Å². The van der Waals surface area contributed by atoms with Gasteiger partial charge in [-0.1, -0.05) is 12.1 Å². The van der Waals surface area contributed by atoms with Gasteiger partial charge in [-0.3, -0.25) is 4.79 Å². The van der Waals surface area contributed by atoms with Crippen molar-refractivity contribution in [3.05, 3.63) is 42.2 Å². The summed E-state index contributed by atoms with van der Waals surface area (Å²) in [6.45, 7) is 0.107. The zero-order valence-electron chi connectivity index (χ0n) is 11.4. The molecule has 0 unspecified atom stereocenters. The molecule has 1 amide bonds. The average Bonchev–Trinajstić information content (AvgIpc) is 2.46. The molecular formula is C15H14FN3O2. The van der Waals surface area contributed by atoms with Crippen LogP contribution in [0.5, 0.6) is 5.75 Å². The first-order valence-electron chi connectivity index (χ1n) is 6.39. The summed E-state index contributed by atoms with van der Waals surface area (Å²) >= 11 is 0. The second-order valence-electron chi connectivity index (χ2n) is 4.70. The molecule has 0 radical (unpaired) electrons. The second kappa shape index (κ2) is 4.97. The average molecular weight is 287 g/mol. The predicted molar refractivity (Wildman–Crippen MR) is 79.4 cm³/mol. The molecule has 1 heterocycles. The van der Waals surface area contributed by atoms with Crippen molar-refractivity contribution in [2.45, 2.75) is 0 Å². The number of halogens is 1. The van der Waals surface area contributed by atoms with Crippen molar-refractivity contribution in [2.24, 2.45) is 0 Å². The number of hydrogen-bond donors (Lipinski definition) is 2. The van der Waals surface area contributed by atoms with E-state index in [0.717, 1.165) is 5.69 Å². The lowest BCUT2D eigenvalue weighted by atomic mass is 10.1. The number of amides is 1. The lowest BCUT2D eigenvalue weighted by Crippen LogP contribution is -2.35. The van der Waals surface area contributed by atoms with E-state index >= 15 is 0 Å². The second-order valence-corrected chi connectivity index (χ2v) is 4.70. The Morgan fingerprint density at radius 3 is 2.81 bits per heavy atom. The van der Waals surface area contributed by atoms with Crippen LogP contribution in [-0.2, 0) is 4.79 Å². The molecule has 0 aromatic heterocycles. The van der Waals surface area contributed by atoms with E-state index in [1.807, 2.05) is 18.2 Å². The Bertz CT molecular complexity index is 718. The molecule has 0 fully saturated rings. The van der Waals surface area contributed by atoms with Gasteiger partial charge in [0.1, 0.15) is 6.54 Å². The van der Waals surface area contributed by atoms with Crippen LogP contribution in [0.3, 0.4) is 0 Å². The lowest BCUT2D eigenvalue weighted by Gasteiger charge is -2.31. The molecule has 6 heteroatoms. The summed E-state index contributed by atoms with van der Waals surface area (Å²) in [5, 5.41) is 2.79. The van der Waals surface area contributed by atoms with Crippen LogP contribution in [0.1, 0.15) is 0 Å². The molecule has 5 nitrogen and oxygen atoms in total. The van der Waals surface area contributed by atoms with Gasteiger partial charge in [0.2, 0.25) is 5.91 Å². The third kappa shape index (κ3) is 2.24. The molecule has 2 aromatic carbocycles. The Kier molecular flexibility index (Phi) is 3.13. The van der Waals surface area contributed by atoms with Gasteiger partial charge in [-0.15, -0.1) is 0 Å². The molecule has 0 bridgehead atoms. The number of hydrogen-bond acceptors (Lipinski definition) is 4. The Morgan fingerprint density at radius 1 is 1.29 bits per heavy atom. The van der Waals surface area contributed by atoms with E-state index in [1.165, 1.54) is 19.2 Å². The number of fused-ring (bicyclic) bond motifs is 1. The number of para-hydroxylation sites is 2. The zero-order chi connectivity index (χ0) is 15.0. The first-order valence-corrected chi connectivity index (χ1v) is 6.39. The summed E-state index contributed by atoms with van der Waals surface area (Å²) in [6, 6.07) is 10.1. The van der Waals surface area contributed by atoms with Crippen LogP contribution < -0.4 is 20.7 Å². The maximum Gasteiger partial charge on any atom is 0.244 e. The number of anilines is 4. The van der Waals surface area contributed by atoms with Gasteiger partial charge < -0.3 is 20.7 Å². The van der Waals surface area contributed by atoms with Crippen molar-refractivity contribution < 1.29 is 13.9 Å². The largest absolute Gasteiger partial charge is 0.494 e. The molecule has 108 valence electrons. The first kappa shape index (κ1) is 13.2. The maximum absolute atomic E-state index is 13.7. The van der Waals surface area contributed by atoms with Gasteiger partial charge in [0.05, 0.1) is 29.9 Å². The number of rotatable bonds is 2. The minimum atomic E-state index is -0.534. The van der Waals surface area contributed by atoms with E-state index in [1.54, 1.807) is 11.0 Å². The molecule has 0 spiro atoms. The molecule has 21 heavy (non-hydrogen) atoms. The highest BCUT2D eigenvalue weighted by Crippen LogP contribution is 2.39.